The van der Waals surface area contributed by atoms with Crippen LogP contribution in [0.15, 0.2) is 35.5 Å². The van der Waals surface area contributed by atoms with Gasteiger partial charge in [0.15, 0.2) is 0 Å². The van der Waals surface area contributed by atoms with Crippen LogP contribution in [0.2, 0.25) is 0 Å². The van der Waals surface area contributed by atoms with E-state index in [0.29, 0.717) is 5.41 Å². The Morgan fingerprint density at radius 3 is 1.95 bits per heavy atom. The van der Waals surface area contributed by atoms with Crippen molar-refractivity contribution in [2.24, 2.45) is 40.6 Å². The second-order valence-electron chi connectivity index (χ2n) is 15.0. The lowest BCUT2D eigenvalue weighted by Gasteiger charge is -2.45. The Morgan fingerprint density at radius 2 is 1.43 bits per heavy atom. The fraction of sp³-hybridized carbons (Fsp3) is 0.838. The molecule has 0 bridgehead atoms. The molecule has 7 nitrogen and oxygen atoms in total. The van der Waals surface area contributed by atoms with Gasteiger partial charge in [-0.25, -0.2) is 0 Å². The van der Waals surface area contributed by atoms with Crippen molar-refractivity contribution >= 4 is 0 Å². The summed E-state index contributed by atoms with van der Waals surface area (Å²) >= 11 is 0. The van der Waals surface area contributed by atoms with Gasteiger partial charge in [0.25, 0.3) is 0 Å². The van der Waals surface area contributed by atoms with Crippen molar-refractivity contribution in [1.82, 2.24) is 0 Å². The maximum Gasteiger partial charge on any atom is 0.0583 e. The summed E-state index contributed by atoms with van der Waals surface area (Å²) in [6, 6.07) is 0. The summed E-state index contributed by atoms with van der Waals surface area (Å²) in [4.78, 5) is 0. The van der Waals surface area contributed by atoms with Gasteiger partial charge in [-0.1, -0.05) is 76.8 Å². The molecule has 0 heterocycles. The number of rotatable bonds is 15. The van der Waals surface area contributed by atoms with E-state index in [4.69, 9.17) is 31.9 Å². The average molecular weight is 621 g/mol. The van der Waals surface area contributed by atoms with Crippen molar-refractivity contribution in [1.29, 1.82) is 0 Å². The third-order valence-corrected chi connectivity index (χ3v) is 11.6. The van der Waals surface area contributed by atoms with Crippen LogP contribution in [0.25, 0.3) is 0 Å². The van der Waals surface area contributed by atoms with Gasteiger partial charge in [0, 0.05) is 37.5 Å². The van der Waals surface area contributed by atoms with Gasteiger partial charge in [-0.3, -0.25) is 0 Å². The van der Waals surface area contributed by atoms with E-state index in [1.54, 1.807) is 5.57 Å². The number of hydrogen-bond acceptors (Lipinski definition) is 7. The van der Waals surface area contributed by atoms with E-state index in [1.165, 1.54) is 62.5 Å². The zero-order valence-electron chi connectivity index (χ0n) is 28.6. The number of aliphatic hydroxyl groups excluding tert-OH is 5. The minimum absolute atomic E-state index is 0.147. The predicted octanol–water partition coefficient (Wildman–Crippen LogP) is 5.53. The quantitative estimate of drug-likeness (QED) is 0.127. The number of allylic oxidation sites excluding steroid dienone is 4. The molecular formula is C37H68N2O5. The maximum absolute atomic E-state index is 10.0. The van der Waals surface area contributed by atoms with E-state index in [1.807, 2.05) is 0 Å². The van der Waals surface area contributed by atoms with Gasteiger partial charge >= 0.3 is 0 Å². The molecule has 256 valence electrons. The summed E-state index contributed by atoms with van der Waals surface area (Å²) in [5.74, 6) is 3.37. The molecule has 0 aromatic carbocycles. The molecule has 0 unspecified atom stereocenters. The second kappa shape index (κ2) is 18.3. The molecule has 3 saturated carbocycles. The second-order valence-corrected chi connectivity index (χ2v) is 15.0. The lowest BCUT2D eigenvalue weighted by Crippen LogP contribution is -2.67. The number of hydrogen-bond donors (Lipinski definition) is 7. The first kappa shape index (κ1) is 39.1. The van der Waals surface area contributed by atoms with Gasteiger partial charge in [-0.2, -0.15) is 0 Å². The summed E-state index contributed by atoms with van der Waals surface area (Å²) in [7, 11) is 0. The average Bonchev–Trinajstić information content (AvgIpc) is 3.32. The van der Waals surface area contributed by atoms with Crippen LogP contribution in [-0.4, -0.2) is 69.1 Å². The minimum Gasteiger partial charge on any atom is -0.396 e. The van der Waals surface area contributed by atoms with Crippen LogP contribution in [0.4, 0.5) is 0 Å². The van der Waals surface area contributed by atoms with Crippen molar-refractivity contribution in [3.05, 3.63) is 35.5 Å². The molecule has 3 aliphatic carbocycles. The first-order valence-electron chi connectivity index (χ1n) is 17.6. The third kappa shape index (κ3) is 10.2. The van der Waals surface area contributed by atoms with Crippen LogP contribution in [0.1, 0.15) is 124 Å². The summed E-state index contributed by atoms with van der Waals surface area (Å²) in [5, 5.41) is 46.0. The SMILES string of the molecule is C=C1CC[C@H](O)C/C1=C/C=C1\CCC[C@]2(C)[C@@H]([C@H](C)CCCC(C)C)CC[C@@H]12.NC(CCO)(CCO)C(N)(CCO)CCO. The molecule has 44 heavy (non-hydrogen) atoms. The van der Waals surface area contributed by atoms with Crippen molar-refractivity contribution in [3.8, 4) is 0 Å². The Bertz CT molecular complexity index is 899. The smallest absolute Gasteiger partial charge is 0.0583 e. The van der Waals surface area contributed by atoms with Crippen molar-refractivity contribution in [2.45, 2.75) is 141 Å². The van der Waals surface area contributed by atoms with Crippen LogP contribution in [0, 0.1) is 29.1 Å². The third-order valence-electron chi connectivity index (χ3n) is 11.6. The summed E-state index contributed by atoms with van der Waals surface area (Å²) in [6.45, 7) is 13.5. The Morgan fingerprint density at radius 1 is 0.864 bits per heavy atom. The van der Waals surface area contributed by atoms with E-state index in [0.717, 1.165) is 42.9 Å². The summed E-state index contributed by atoms with van der Waals surface area (Å²) in [5.41, 5.74) is 15.0. The van der Waals surface area contributed by atoms with Crippen LogP contribution >= 0.6 is 0 Å². The standard InChI is InChI=1S/C27H44O.C10H24N2O4/c1-19(2)8-6-9-21(4)25-15-16-26-22(10-7-17-27(25,26)5)12-13-23-18-24(28)14-11-20(23)3;11-9(1-5-13,2-6-14)10(12,3-7-15)4-8-16/h12-13,19,21,24-26,28H,3,6-11,14-18H2,1-2,4-5H3;13-16H,1-8,11-12H2/b22-12+,23-13-;/t21-,24+,25-,26+,27-;/m1./s1. The number of aliphatic hydroxyl groups is 5. The molecule has 5 atom stereocenters. The van der Waals surface area contributed by atoms with Gasteiger partial charge < -0.3 is 37.0 Å². The van der Waals surface area contributed by atoms with Gasteiger partial charge in [0.2, 0.25) is 0 Å². The maximum atomic E-state index is 10.0. The number of fused-ring (bicyclic) bond motifs is 1. The summed E-state index contributed by atoms with van der Waals surface area (Å²) in [6.07, 6.45) is 19.1. The van der Waals surface area contributed by atoms with E-state index in [9.17, 15) is 5.11 Å². The normalized spacial score (nSPS) is 28.7. The molecule has 0 aromatic heterocycles. The Hall–Kier alpha value is -1.06. The monoisotopic (exact) mass is 621 g/mol. The first-order valence-corrected chi connectivity index (χ1v) is 17.6. The Balaban J connectivity index is 0.000000362. The highest BCUT2D eigenvalue weighted by Gasteiger charge is 2.50. The van der Waals surface area contributed by atoms with Gasteiger partial charge in [-0.15, -0.1) is 0 Å². The molecule has 0 aliphatic heterocycles. The largest absolute Gasteiger partial charge is 0.396 e. The zero-order valence-corrected chi connectivity index (χ0v) is 28.6. The minimum atomic E-state index is -0.984. The van der Waals surface area contributed by atoms with E-state index >= 15 is 0 Å². The van der Waals surface area contributed by atoms with Crippen molar-refractivity contribution in [2.75, 3.05) is 26.4 Å². The lowest BCUT2D eigenvalue weighted by molar-refractivity contribution is 0.0796. The molecule has 0 spiro atoms. The van der Waals surface area contributed by atoms with E-state index in [2.05, 4.69) is 46.4 Å². The fourth-order valence-corrected chi connectivity index (χ4v) is 8.70. The van der Waals surface area contributed by atoms with Gasteiger partial charge in [0.1, 0.15) is 0 Å². The fourth-order valence-electron chi connectivity index (χ4n) is 8.70. The number of nitrogens with two attached hydrogens (primary N) is 2. The first-order chi connectivity index (χ1) is 20.8. The highest BCUT2D eigenvalue weighted by atomic mass is 16.3. The highest BCUT2D eigenvalue weighted by Crippen LogP contribution is 2.60. The zero-order chi connectivity index (χ0) is 33.0. The molecule has 3 fully saturated rings. The van der Waals surface area contributed by atoms with Gasteiger partial charge in [-0.05, 0) is 112 Å². The van der Waals surface area contributed by atoms with Crippen LogP contribution in [0.3, 0.4) is 0 Å². The molecular weight excluding hydrogens is 552 g/mol. The molecule has 0 radical (unpaired) electrons. The topological polar surface area (TPSA) is 153 Å². The predicted molar refractivity (Wildman–Crippen MR) is 182 cm³/mol. The molecule has 7 heteroatoms. The molecule has 3 rings (SSSR count). The van der Waals surface area contributed by atoms with Crippen molar-refractivity contribution < 1.29 is 25.5 Å². The van der Waals surface area contributed by atoms with Gasteiger partial charge in [0.05, 0.1) is 6.10 Å². The molecule has 0 amide bonds. The van der Waals surface area contributed by atoms with Crippen molar-refractivity contribution in [3.63, 3.8) is 0 Å². The highest BCUT2D eigenvalue weighted by molar-refractivity contribution is 5.36. The summed E-state index contributed by atoms with van der Waals surface area (Å²) < 4.78 is 0. The van der Waals surface area contributed by atoms with Crippen LogP contribution in [-0.2, 0) is 0 Å². The molecule has 9 N–H and O–H groups in total. The molecule has 3 aliphatic rings. The Kier molecular flexibility index (Phi) is 16.3. The molecule has 0 saturated heterocycles. The van der Waals surface area contributed by atoms with Crippen LogP contribution in [0.5, 0.6) is 0 Å². The molecule has 0 aromatic rings. The van der Waals surface area contributed by atoms with E-state index < -0.39 is 11.1 Å². The lowest BCUT2D eigenvalue weighted by atomic mass is 9.60. The van der Waals surface area contributed by atoms with E-state index in [-0.39, 0.29) is 58.2 Å². The Labute approximate surface area is 268 Å². The van der Waals surface area contributed by atoms with Crippen LogP contribution < -0.4 is 11.5 Å².